The fourth-order valence-electron chi connectivity index (χ4n) is 3.32. The Hall–Kier alpha value is -2.99. The van der Waals surface area contributed by atoms with E-state index in [0.29, 0.717) is 18.1 Å². The van der Waals surface area contributed by atoms with E-state index in [9.17, 15) is 9.59 Å². The molecule has 2 amide bonds. The van der Waals surface area contributed by atoms with Crippen LogP contribution in [0.2, 0.25) is 0 Å². The zero-order valence-corrected chi connectivity index (χ0v) is 16.4. The monoisotopic (exact) mass is 391 g/mol. The van der Waals surface area contributed by atoms with Gasteiger partial charge in [0.15, 0.2) is 5.13 Å². The lowest BCUT2D eigenvalue weighted by Crippen LogP contribution is -2.39. The zero-order valence-electron chi connectivity index (χ0n) is 15.6. The molecule has 0 bridgehead atoms. The minimum atomic E-state index is -0.298. The number of carbonyl (C=O) groups is 2. The molecule has 0 aliphatic carbocycles. The maximum absolute atomic E-state index is 12.7. The summed E-state index contributed by atoms with van der Waals surface area (Å²) in [4.78, 5) is 32.0. The summed E-state index contributed by atoms with van der Waals surface area (Å²) in [6.45, 7) is 0.610. The van der Waals surface area contributed by atoms with Crippen LogP contribution in [-0.4, -0.2) is 35.3 Å². The Morgan fingerprint density at radius 2 is 1.71 bits per heavy atom. The first kappa shape index (κ1) is 18.4. The van der Waals surface area contributed by atoms with Crippen molar-refractivity contribution in [1.82, 2.24) is 9.88 Å². The van der Waals surface area contributed by atoms with Gasteiger partial charge in [0.1, 0.15) is 0 Å². The highest BCUT2D eigenvalue weighted by molar-refractivity contribution is 7.19. The van der Waals surface area contributed by atoms with Crippen LogP contribution in [0.5, 0.6) is 0 Å². The molecule has 142 valence electrons. The van der Waals surface area contributed by atoms with Gasteiger partial charge >= 0.3 is 0 Å². The van der Waals surface area contributed by atoms with Crippen LogP contribution in [0.4, 0.5) is 5.13 Å². The zero-order chi connectivity index (χ0) is 19.5. The van der Waals surface area contributed by atoms with Crippen molar-refractivity contribution < 1.29 is 9.59 Å². The average Bonchev–Trinajstić information content (AvgIpc) is 3.15. The predicted octanol–water partition coefficient (Wildman–Crippen LogP) is 4.28. The Morgan fingerprint density at radius 3 is 2.36 bits per heavy atom. The van der Waals surface area contributed by atoms with E-state index in [4.69, 9.17) is 4.98 Å². The van der Waals surface area contributed by atoms with Crippen LogP contribution < -0.4 is 5.32 Å². The third kappa shape index (κ3) is 3.82. The van der Waals surface area contributed by atoms with E-state index in [0.717, 1.165) is 21.7 Å². The Kier molecular flexibility index (Phi) is 5.21. The Labute approximate surface area is 168 Å². The number of nitrogens with zero attached hydrogens (tertiary/aromatic N) is 2. The van der Waals surface area contributed by atoms with Gasteiger partial charge in [0.05, 0.1) is 10.6 Å². The third-order valence-corrected chi connectivity index (χ3v) is 5.99. The van der Waals surface area contributed by atoms with Crippen LogP contribution in [-0.2, 0) is 9.59 Å². The molecular formula is C22H21N3O2S. The number of rotatable bonds is 4. The van der Waals surface area contributed by atoms with Gasteiger partial charge in [-0.3, -0.25) is 9.59 Å². The highest BCUT2D eigenvalue weighted by Gasteiger charge is 2.29. The summed E-state index contributed by atoms with van der Waals surface area (Å²) < 4.78 is 0. The van der Waals surface area contributed by atoms with Crippen molar-refractivity contribution in [3.05, 3.63) is 60.7 Å². The van der Waals surface area contributed by atoms with Gasteiger partial charge in [0, 0.05) is 31.5 Å². The highest BCUT2D eigenvalue weighted by atomic mass is 32.1. The molecule has 0 saturated carbocycles. The van der Waals surface area contributed by atoms with Gasteiger partial charge in [-0.2, -0.15) is 0 Å². The average molecular weight is 391 g/mol. The fraction of sp³-hybridized carbons (Fsp3) is 0.227. The topological polar surface area (TPSA) is 62.3 Å². The second-order valence-corrected chi connectivity index (χ2v) is 7.92. The third-order valence-electron chi connectivity index (χ3n) is 4.97. The number of hydrogen-bond donors (Lipinski definition) is 1. The lowest BCUT2D eigenvalue weighted by atomic mass is 9.96. The number of likely N-dealkylation sites (tertiary alicyclic amines) is 1. The van der Waals surface area contributed by atoms with Gasteiger partial charge in [-0.15, -0.1) is 0 Å². The van der Waals surface area contributed by atoms with E-state index in [1.165, 1.54) is 11.3 Å². The SMILES string of the molecule is CN1CC[C@H](C(=O)Nc2nc(-c3ccccc3)c(-c3ccccc3)s2)CC1=O. The predicted molar refractivity (Wildman–Crippen MR) is 112 cm³/mol. The second-order valence-electron chi connectivity index (χ2n) is 6.92. The molecule has 0 unspecified atom stereocenters. The van der Waals surface area contributed by atoms with Crippen molar-refractivity contribution in [3.63, 3.8) is 0 Å². The van der Waals surface area contributed by atoms with E-state index >= 15 is 0 Å². The molecular weight excluding hydrogens is 370 g/mol. The van der Waals surface area contributed by atoms with Crippen molar-refractivity contribution in [2.24, 2.45) is 5.92 Å². The largest absolute Gasteiger partial charge is 0.346 e. The molecule has 6 heteroatoms. The smallest absolute Gasteiger partial charge is 0.229 e. The minimum absolute atomic E-state index is 0.0143. The van der Waals surface area contributed by atoms with Gasteiger partial charge in [0.2, 0.25) is 11.8 Å². The summed E-state index contributed by atoms with van der Waals surface area (Å²) in [5, 5.41) is 3.51. The number of aromatic nitrogens is 1. The summed E-state index contributed by atoms with van der Waals surface area (Å²) in [5.41, 5.74) is 2.92. The molecule has 3 aromatic rings. The summed E-state index contributed by atoms with van der Waals surface area (Å²) in [6, 6.07) is 20.0. The maximum Gasteiger partial charge on any atom is 0.229 e. The fourth-order valence-corrected chi connectivity index (χ4v) is 4.32. The molecule has 0 spiro atoms. The summed E-state index contributed by atoms with van der Waals surface area (Å²) >= 11 is 1.46. The van der Waals surface area contributed by atoms with Crippen LogP contribution in [0.15, 0.2) is 60.7 Å². The van der Waals surface area contributed by atoms with E-state index in [-0.39, 0.29) is 24.2 Å². The van der Waals surface area contributed by atoms with E-state index < -0.39 is 0 Å². The molecule has 1 aliphatic rings. The van der Waals surface area contributed by atoms with Crippen molar-refractivity contribution in [3.8, 4) is 21.7 Å². The molecule has 0 radical (unpaired) electrons. The molecule has 1 saturated heterocycles. The van der Waals surface area contributed by atoms with E-state index in [2.05, 4.69) is 5.32 Å². The molecule has 5 nitrogen and oxygen atoms in total. The highest BCUT2D eigenvalue weighted by Crippen LogP contribution is 2.39. The Balaban J connectivity index is 1.62. The number of nitrogens with one attached hydrogen (secondary N) is 1. The number of amides is 2. The minimum Gasteiger partial charge on any atom is -0.346 e. The molecule has 1 atom stereocenters. The maximum atomic E-state index is 12.7. The summed E-state index contributed by atoms with van der Waals surface area (Å²) in [7, 11) is 1.77. The number of hydrogen-bond acceptors (Lipinski definition) is 4. The molecule has 28 heavy (non-hydrogen) atoms. The lowest BCUT2D eigenvalue weighted by Gasteiger charge is -2.27. The van der Waals surface area contributed by atoms with Crippen molar-refractivity contribution in [2.75, 3.05) is 18.9 Å². The van der Waals surface area contributed by atoms with Crippen molar-refractivity contribution >= 4 is 28.3 Å². The lowest BCUT2D eigenvalue weighted by molar-refractivity contribution is -0.137. The van der Waals surface area contributed by atoms with Crippen LogP contribution >= 0.6 is 11.3 Å². The molecule has 1 fully saturated rings. The van der Waals surface area contributed by atoms with Crippen molar-refractivity contribution in [1.29, 1.82) is 0 Å². The molecule has 1 N–H and O–H groups in total. The molecule has 2 aromatic carbocycles. The van der Waals surface area contributed by atoms with Gasteiger partial charge in [-0.05, 0) is 12.0 Å². The van der Waals surface area contributed by atoms with Crippen LogP contribution in [0.25, 0.3) is 21.7 Å². The standard InChI is InChI=1S/C22H21N3O2S/c1-25-13-12-17(14-18(25)26)21(27)24-22-23-19(15-8-4-2-5-9-15)20(28-22)16-10-6-3-7-11-16/h2-11,17H,12-14H2,1H3,(H,23,24,27)/t17-/m0/s1. The normalized spacial score (nSPS) is 16.8. The summed E-state index contributed by atoms with van der Waals surface area (Å²) in [6.07, 6.45) is 0.932. The number of carbonyl (C=O) groups excluding carboxylic acids is 2. The Morgan fingerprint density at radius 1 is 1.07 bits per heavy atom. The first-order chi connectivity index (χ1) is 13.6. The van der Waals surface area contributed by atoms with Crippen molar-refractivity contribution in [2.45, 2.75) is 12.8 Å². The second kappa shape index (κ2) is 7.94. The number of piperidine rings is 1. The van der Waals surface area contributed by atoms with E-state index in [1.807, 2.05) is 60.7 Å². The van der Waals surface area contributed by atoms with Gasteiger partial charge in [-0.25, -0.2) is 4.98 Å². The molecule has 4 rings (SSSR count). The quantitative estimate of drug-likeness (QED) is 0.722. The number of anilines is 1. The molecule has 1 aromatic heterocycles. The first-order valence-corrected chi connectivity index (χ1v) is 10.1. The molecule has 1 aliphatic heterocycles. The van der Waals surface area contributed by atoms with Crippen LogP contribution in [0.3, 0.4) is 0 Å². The van der Waals surface area contributed by atoms with Crippen LogP contribution in [0.1, 0.15) is 12.8 Å². The summed E-state index contributed by atoms with van der Waals surface area (Å²) in [5.74, 6) is -0.414. The first-order valence-electron chi connectivity index (χ1n) is 9.28. The number of benzene rings is 2. The Bertz CT molecular complexity index is 929. The van der Waals surface area contributed by atoms with Gasteiger partial charge in [-0.1, -0.05) is 72.0 Å². The van der Waals surface area contributed by atoms with Gasteiger partial charge in [0.25, 0.3) is 0 Å². The van der Waals surface area contributed by atoms with Crippen LogP contribution in [0, 0.1) is 5.92 Å². The molecule has 2 heterocycles. The number of thiazole rings is 1. The van der Waals surface area contributed by atoms with Gasteiger partial charge < -0.3 is 10.2 Å². The van der Waals surface area contributed by atoms with E-state index in [1.54, 1.807) is 11.9 Å².